The van der Waals surface area contributed by atoms with Crippen molar-refractivity contribution in [3.8, 4) is 0 Å². The molecule has 17 heavy (non-hydrogen) atoms. The van der Waals surface area contributed by atoms with Gasteiger partial charge in [0.25, 0.3) is 10.0 Å². The zero-order valence-corrected chi connectivity index (χ0v) is 10.5. The Kier molecular flexibility index (Phi) is 2.97. The van der Waals surface area contributed by atoms with Crippen molar-refractivity contribution in [1.82, 2.24) is 3.97 Å². The van der Waals surface area contributed by atoms with Crippen LogP contribution in [-0.2, 0) is 10.0 Å². The van der Waals surface area contributed by atoms with E-state index < -0.39 is 16.0 Å². The highest BCUT2D eigenvalue weighted by atomic mass is 35.5. The minimum Gasteiger partial charge on any atom is -0.215 e. The normalized spacial score (nSPS) is 11.7. The van der Waals surface area contributed by atoms with Crippen LogP contribution in [0.15, 0.2) is 41.4 Å². The van der Waals surface area contributed by atoms with E-state index in [0.29, 0.717) is 3.97 Å². The van der Waals surface area contributed by atoms with Crippen LogP contribution in [0.2, 0.25) is 5.02 Å². The molecule has 0 aliphatic carbocycles. The molecule has 1 aromatic heterocycles. The van der Waals surface area contributed by atoms with Gasteiger partial charge >= 0.3 is 0 Å². The molecule has 0 unspecified atom stereocenters. The summed E-state index contributed by atoms with van der Waals surface area (Å²) in [7, 11) is -3.91. The van der Waals surface area contributed by atoms with Crippen LogP contribution in [0.3, 0.4) is 0 Å². The Balaban J connectivity index is 2.58. The van der Waals surface area contributed by atoms with Gasteiger partial charge in [-0.25, -0.2) is 12.4 Å². The maximum atomic E-state index is 13.5. The van der Waals surface area contributed by atoms with Gasteiger partial charge in [0.1, 0.15) is 0 Å². The van der Waals surface area contributed by atoms with Crippen LogP contribution in [0.25, 0.3) is 0 Å². The Hall–Kier alpha value is -1.33. The van der Waals surface area contributed by atoms with Crippen LogP contribution in [0.1, 0.15) is 5.56 Å². The van der Waals surface area contributed by atoms with Gasteiger partial charge in [-0.15, -0.1) is 0 Å². The summed E-state index contributed by atoms with van der Waals surface area (Å²) in [6.07, 6.45) is 1.09. The van der Waals surface area contributed by atoms with E-state index in [4.69, 9.17) is 11.6 Å². The standard InChI is InChI=1S/C11H9ClFNO2S/c1-8-2-4-9(5-3-8)17(15,16)14-7-6-10(12)11(14)13/h2-7H,1H3. The van der Waals surface area contributed by atoms with Crippen molar-refractivity contribution < 1.29 is 12.8 Å². The third-order valence-electron chi connectivity index (χ3n) is 2.32. The van der Waals surface area contributed by atoms with E-state index in [1.165, 1.54) is 18.2 Å². The molecule has 0 aliphatic heterocycles. The molecule has 1 aromatic carbocycles. The number of hydrogen-bond acceptors (Lipinski definition) is 2. The molecular formula is C11H9ClFNO2S. The molecular weight excluding hydrogens is 265 g/mol. The van der Waals surface area contributed by atoms with Crippen molar-refractivity contribution in [3.05, 3.63) is 53.1 Å². The molecule has 0 spiro atoms. The van der Waals surface area contributed by atoms with Crippen LogP contribution < -0.4 is 0 Å². The van der Waals surface area contributed by atoms with E-state index in [1.54, 1.807) is 12.1 Å². The first-order valence-electron chi connectivity index (χ1n) is 4.77. The van der Waals surface area contributed by atoms with E-state index >= 15 is 0 Å². The predicted octanol–water partition coefficient (Wildman–Crippen LogP) is 2.83. The van der Waals surface area contributed by atoms with Gasteiger partial charge in [-0.2, -0.15) is 4.39 Å². The van der Waals surface area contributed by atoms with E-state index in [2.05, 4.69) is 0 Å². The summed E-state index contributed by atoms with van der Waals surface area (Å²) in [5.41, 5.74) is 0.926. The monoisotopic (exact) mass is 273 g/mol. The minimum atomic E-state index is -3.91. The van der Waals surface area contributed by atoms with Crippen molar-refractivity contribution in [3.63, 3.8) is 0 Å². The lowest BCUT2D eigenvalue weighted by Gasteiger charge is -2.06. The highest BCUT2D eigenvalue weighted by Crippen LogP contribution is 2.21. The number of rotatable bonds is 2. The Morgan fingerprint density at radius 1 is 1.18 bits per heavy atom. The third kappa shape index (κ3) is 2.08. The fourth-order valence-electron chi connectivity index (χ4n) is 1.38. The number of halogens is 2. The molecule has 0 saturated heterocycles. The van der Waals surface area contributed by atoms with Gasteiger partial charge in [0.2, 0.25) is 5.95 Å². The highest BCUT2D eigenvalue weighted by Gasteiger charge is 2.21. The van der Waals surface area contributed by atoms with Gasteiger partial charge in [-0.1, -0.05) is 29.3 Å². The molecule has 3 nitrogen and oxygen atoms in total. The van der Waals surface area contributed by atoms with E-state index in [-0.39, 0.29) is 9.92 Å². The van der Waals surface area contributed by atoms with Crippen LogP contribution in [-0.4, -0.2) is 12.4 Å². The fraction of sp³-hybridized carbons (Fsp3) is 0.0909. The SMILES string of the molecule is Cc1ccc(S(=O)(=O)n2ccc(Cl)c2F)cc1. The number of benzene rings is 1. The molecule has 0 atom stereocenters. The molecule has 0 bridgehead atoms. The zero-order valence-electron chi connectivity index (χ0n) is 8.89. The molecule has 6 heteroatoms. The highest BCUT2D eigenvalue weighted by molar-refractivity contribution is 7.90. The van der Waals surface area contributed by atoms with E-state index in [0.717, 1.165) is 11.8 Å². The van der Waals surface area contributed by atoms with Gasteiger partial charge < -0.3 is 0 Å². The number of hydrogen-bond donors (Lipinski definition) is 0. The van der Waals surface area contributed by atoms with Gasteiger partial charge in [-0.3, -0.25) is 0 Å². The molecule has 0 radical (unpaired) electrons. The first kappa shape index (κ1) is 12.1. The molecule has 0 amide bonds. The van der Waals surface area contributed by atoms with Gasteiger partial charge in [0.15, 0.2) is 0 Å². The lowest BCUT2D eigenvalue weighted by Crippen LogP contribution is -2.13. The summed E-state index contributed by atoms with van der Waals surface area (Å²) in [6.45, 7) is 1.84. The van der Waals surface area contributed by atoms with Crippen molar-refractivity contribution in [2.75, 3.05) is 0 Å². The van der Waals surface area contributed by atoms with Gasteiger partial charge in [0, 0.05) is 6.20 Å². The summed E-state index contributed by atoms with van der Waals surface area (Å²) < 4.78 is 38.1. The maximum Gasteiger partial charge on any atom is 0.269 e. The average molecular weight is 274 g/mol. The van der Waals surface area contributed by atoms with Crippen molar-refractivity contribution >= 4 is 21.6 Å². The Morgan fingerprint density at radius 2 is 1.76 bits per heavy atom. The summed E-state index contributed by atoms with van der Waals surface area (Å²) in [4.78, 5) is 0.0225. The molecule has 1 heterocycles. The van der Waals surface area contributed by atoms with Crippen molar-refractivity contribution in [1.29, 1.82) is 0 Å². The Bertz CT molecular complexity index is 647. The van der Waals surface area contributed by atoms with Crippen LogP contribution >= 0.6 is 11.6 Å². The van der Waals surface area contributed by atoms with Gasteiger partial charge in [0.05, 0.1) is 9.92 Å². The second kappa shape index (κ2) is 4.16. The Morgan fingerprint density at radius 3 is 2.24 bits per heavy atom. The lowest BCUT2D eigenvalue weighted by molar-refractivity contribution is 0.542. The zero-order chi connectivity index (χ0) is 12.6. The largest absolute Gasteiger partial charge is 0.269 e. The first-order chi connectivity index (χ1) is 7.93. The van der Waals surface area contributed by atoms with Crippen LogP contribution in [0, 0.1) is 12.9 Å². The van der Waals surface area contributed by atoms with E-state index in [1.807, 2.05) is 6.92 Å². The van der Waals surface area contributed by atoms with Crippen molar-refractivity contribution in [2.45, 2.75) is 11.8 Å². The van der Waals surface area contributed by atoms with Gasteiger partial charge in [-0.05, 0) is 25.1 Å². The summed E-state index contributed by atoms with van der Waals surface area (Å²) >= 11 is 5.49. The second-order valence-corrected chi connectivity index (χ2v) is 5.79. The molecule has 0 N–H and O–H groups in total. The fourth-order valence-corrected chi connectivity index (χ4v) is 2.82. The lowest BCUT2D eigenvalue weighted by atomic mass is 10.2. The number of aromatic nitrogens is 1. The molecule has 0 saturated carbocycles. The number of nitrogens with zero attached hydrogens (tertiary/aromatic N) is 1. The van der Waals surface area contributed by atoms with Crippen LogP contribution in [0.5, 0.6) is 0 Å². The summed E-state index contributed by atoms with van der Waals surface area (Å²) in [5, 5.41) is -0.222. The summed E-state index contributed by atoms with van der Waals surface area (Å²) in [6, 6.07) is 7.35. The molecule has 2 aromatic rings. The quantitative estimate of drug-likeness (QED) is 0.844. The predicted molar refractivity (Wildman–Crippen MR) is 63.2 cm³/mol. The maximum absolute atomic E-state index is 13.5. The molecule has 0 aliphatic rings. The van der Waals surface area contributed by atoms with Crippen molar-refractivity contribution in [2.24, 2.45) is 0 Å². The Labute approximate surface area is 104 Å². The topological polar surface area (TPSA) is 39.1 Å². The summed E-state index contributed by atoms with van der Waals surface area (Å²) in [5.74, 6) is -0.979. The third-order valence-corrected chi connectivity index (χ3v) is 4.27. The first-order valence-corrected chi connectivity index (χ1v) is 6.59. The molecule has 0 fully saturated rings. The van der Waals surface area contributed by atoms with E-state index in [9.17, 15) is 12.8 Å². The molecule has 90 valence electrons. The number of aryl methyl sites for hydroxylation is 1. The second-order valence-electron chi connectivity index (χ2n) is 3.57. The van der Waals surface area contributed by atoms with Crippen LogP contribution in [0.4, 0.5) is 4.39 Å². The minimum absolute atomic E-state index is 0.0225. The average Bonchev–Trinajstić information content (AvgIpc) is 2.61. The smallest absolute Gasteiger partial charge is 0.215 e. The molecule has 2 rings (SSSR count).